The monoisotopic (exact) mass is 192 g/mol. The third-order valence-corrected chi connectivity index (χ3v) is 1.43. The highest BCUT2D eigenvalue weighted by atomic mass is 16.6. The third-order valence-electron chi connectivity index (χ3n) is 1.43. The normalized spacial score (nSPS) is 9.07. The van der Waals surface area contributed by atoms with Crippen LogP contribution in [0.2, 0.25) is 0 Å². The van der Waals surface area contributed by atoms with Gasteiger partial charge in [0.2, 0.25) is 5.69 Å². The van der Waals surface area contributed by atoms with E-state index in [4.69, 9.17) is 11.0 Å². The summed E-state index contributed by atoms with van der Waals surface area (Å²) in [4.78, 5) is 23.7. The molecular weight excluding hydrogens is 188 g/mol. The molecule has 0 saturated heterocycles. The Bertz CT molecular complexity index is 449. The molecule has 1 aromatic rings. The summed E-state index contributed by atoms with van der Waals surface area (Å²) < 4.78 is 0. The number of carbonyl (C=O) groups excluding carboxylic acids is 1. The predicted molar refractivity (Wildman–Crippen MR) is 44.1 cm³/mol. The Kier molecular flexibility index (Phi) is 2.39. The van der Waals surface area contributed by atoms with Crippen LogP contribution in [0.3, 0.4) is 0 Å². The lowest BCUT2D eigenvalue weighted by Crippen LogP contribution is -2.14. The lowest BCUT2D eigenvalue weighted by atomic mass is 10.2. The van der Waals surface area contributed by atoms with Crippen LogP contribution >= 0.6 is 0 Å². The van der Waals surface area contributed by atoms with Gasteiger partial charge in [-0.1, -0.05) is 0 Å². The largest absolute Gasteiger partial charge is 0.364 e. The molecule has 0 radical (unpaired) electrons. The summed E-state index contributed by atoms with van der Waals surface area (Å²) in [6.45, 7) is 0. The molecule has 0 aliphatic heterocycles. The van der Waals surface area contributed by atoms with Crippen molar-refractivity contribution in [2.24, 2.45) is 5.73 Å². The summed E-state index contributed by atoms with van der Waals surface area (Å²) in [5, 5.41) is 18.9. The van der Waals surface area contributed by atoms with Crippen LogP contribution in [-0.4, -0.2) is 15.8 Å². The number of hydrogen-bond donors (Lipinski definition) is 1. The van der Waals surface area contributed by atoms with Gasteiger partial charge in [0.15, 0.2) is 0 Å². The van der Waals surface area contributed by atoms with Crippen LogP contribution in [-0.2, 0) is 0 Å². The minimum absolute atomic E-state index is 0.174. The van der Waals surface area contributed by atoms with Crippen molar-refractivity contribution in [1.82, 2.24) is 4.98 Å². The van der Waals surface area contributed by atoms with E-state index in [1.54, 1.807) is 0 Å². The first-order chi connectivity index (χ1) is 6.56. The molecule has 2 N–H and O–H groups in total. The molecule has 0 aliphatic carbocycles. The molecule has 0 unspecified atom stereocenters. The van der Waals surface area contributed by atoms with Gasteiger partial charge in [0.25, 0.3) is 5.91 Å². The molecule has 0 aliphatic rings. The van der Waals surface area contributed by atoms with Gasteiger partial charge in [0.05, 0.1) is 4.92 Å². The Hall–Kier alpha value is -2.49. The molecule has 7 heteroatoms. The van der Waals surface area contributed by atoms with E-state index in [-0.39, 0.29) is 5.69 Å². The summed E-state index contributed by atoms with van der Waals surface area (Å²) in [6.07, 6.45) is 0. The molecule has 0 fully saturated rings. The lowest BCUT2D eigenvalue weighted by molar-refractivity contribution is -0.385. The number of amides is 1. The van der Waals surface area contributed by atoms with E-state index < -0.39 is 22.2 Å². The number of nitriles is 1. The van der Waals surface area contributed by atoms with Gasteiger partial charge in [0.1, 0.15) is 11.8 Å². The average molecular weight is 192 g/mol. The van der Waals surface area contributed by atoms with Crippen LogP contribution in [0.15, 0.2) is 12.1 Å². The van der Waals surface area contributed by atoms with E-state index in [0.717, 1.165) is 12.1 Å². The maximum absolute atomic E-state index is 10.6. The van der Waals surface area contributed by atoms with E-state index in [1.807, 2.05) is 0 Å². The number of nitrogens with two attached hydrogens (primary N) is 1. The zero-order valence-corrected chi connectivity index (χ0v) is 6.80. The summed E-state index contributed by atoms with van der Waals surface area (Å²) >= 11 is 0. The Morgan fingerprint density at radius 1 is 1.64 bits per heavy atom. The number of nitro groups is 1. The molecule has 14 heavy (non-hydrogen) atoms. The minimum atomic E-state index is -0.837. The Balaban J connectivity index is 3.34. The van der Waals surface area contributed by atoms with Gasteiger partial charge in [0, 0.05) is 6.07 Å². The molecule has 0 spiro atoms. The number of aromatic nitrogens is 1. The Morgan fingerprint density at radius 3 is 2.71 bits per heavy atom. The Morgan fingerprint density at radius 2 is 2.29 bits per heavy atom. The van der Waals surface area contributed by atoms with Gasteiger partial charge in [-0.2, -0.15) is 5.26 Å². The topological polar surface area (TPSA) is 123 Å². The smallest absolute Gasteiger partial charge is 0.305 e. The van der Waals surface area contributed by atoms with Crippen LogP contribution in [0.4, 0.5) is 5.69 Å². The highest BCUT2D eigenvalue weighted by Gasteiger charge is 2.16. The fraction of sp³-hybridized carbons (Fsp3) is 0. The van der Waals surface area contributed by atoms with Gasteiger partial charge in [-0.05, 0) is 6.07 Å². The van der Waals surface area contributed by atoms with Gasteiger partial charge < -0.3 is 5.73 Å². The number of primary amides is 1. The van der Waals surface area contributed by atoms with Crippen molar-refractivity contribution >= 4 is 11.6 Å². The molecule has 1 rings (SSSR count). The summed E-state index contributed by atoms with van der Waals surface area (Å²) in [7, 11) is 0. The second-order valence-electron chi connectivity index (χ2n) is 2.30. The van der Waals surface area contributed by atoms with E-state index >= 15 is 0 Å². The minimum Gasteiger partial charge on any atom is -0.364 e. The fourth-order valence-electron chi connectivity index (χ4n) is 0.819. The van der Waals surface area contributed by atoms with Gasteiger partial charge >= 0.3 is 5.69 Å². The van der Waals surface area contributed by atoms with E-state index in [1.165, 1.54) is 6.07 Å². The molecular formula is C7H4N4O3. The fourth-order valence-corrected chi connectivity index (χ4v) is 0.819. The summed E-state index contributed by atoms with van der Waals surface area (Å²) in [5.41, 5.74) is 3.84. The predicted octanol–water partition coefficient (Wildman–Crippen LogP) is -0.0396. The number of hydrogen-bond acceptors (Lipinski definition) is 5. The molecule has 7 nitrogen and oxygen atoms in total. The van der Waals surface area contributed by atoms with Crippen LogP contribution in [0.1, 0.15) is 16.2 Å². The first kappa shape index (κ1) is 9.60. The molecule has 0 saturated carbocycles. The molecule has 0 aromatic carbocycles. The van der Waals surface area contributed by atoms with Gasteiger partial charge in [-0.15, -0.1) is 0 Å². The van der Waals surface area contributed by atoms with Crippen LogP contribution < -0.4 is 5.73 Å². The van der Waals surface area contributed by atoms with Crippen molar-refractivity contribution in [2.45, 2.75) is 0 Å². The molecule has 1 amide bonds. The van der Waals surface area contributed by atoms with Crippen molar-refractivity contribution in [1.29, 1.82) is 5.26 Å². The summed E-state index contributed by atoms with van der Waals surface area (Å²) in [6, 6.07) is 3.63. The van der Waals surface area contributed by atoms with Gasteiger partial charge in [-0.25, -0.2) is 4.98 Å². The number of carbonyl (C=O) groups is 1. The van der Waals surface area contributed by atoms with E-state index in [2.05, 4.69) is 4.98 Å². The molecule has 0 bridgehead atoms. The third kappa shape index (κ3) is 1.64. The zero-order chi connectivity index (χ0) is 10.7. The standard InChI is InChI=1S/C7H4N4O3/c8-3-5-6(11(13)14)2-1-4(10-5)7(9)12/h1-2H,(H2,9,12). The second kappa shape index (κ2) is 3.49. The quantitative estimate of drug-likeness (QED) is 0.520. The maximum Gasteiger partial charge on any atom is 0.305 e. The maximum atomic E-state index is 10.6. The zero-order valence-electron chi connectivity index (χ0n) is 6.80. The van der Waals surface area contributed by atoms with Gasteiger partial charge in [-0.3, -0.25) is 14.9 Å². The second-order valence-corrected chi connectivity index (χ2v) is 2.30. The molecule has 1 heterocycles. The number of rotatable bonds is 2. The van der Waals surface area contributed by atoms with Crippen molar-refractivity contribution in [3.8, 4) is 6.07 Å². The van der Waals surface area contributed by atoms with Crippen molar-refractivity contribution < 1.29 is 9.72 Å². The molecule has 70 valence electrons. The van der Waals surface area contributed by atoms with Crippen molar-refractivity contribution in [3.05, 3.63) is 33.6 Å². The molecule has 0 atom stereocenters. The first-order valence-electron chi connectivity index (χ1n) is 3.41. The average Bonchev–Trinajstić information content (AvgIpc) is 2.16. The van der Waals surface area contributed by atoms with E-state index in [9.17, 15) is 14.9 Å². The Labute approximate surface area is 77.9 Å². The van der Waals surface area contributed by atoms with Crippen molar-refractivity contribution in [3.63, 3.8) is 0 Å². The van der Waals surface area contributed by atoms with Crippen molar-refractivity contribution in [2.75, 3.05) is 0 Å². The number of nitrogens with zero attached hydrogens (tertiary/aromatic N) is 3. The lowest BCUT2D eigenvalue weighted by Gasteiger charge is -1.96. The first-order valence-corrected chi connectivity index (χ1v) is 3.41. The summed E-state index contributed by atoms with van der Waals surface area (Å²) in [5.74, 6) is -0.837. The highest BCUT2D eigenvalue weighted by molar-refractivity contribution is 5.91. The SMILES string of the molecule is N#Cc1nc(C(N)=O)ccc1[N+](=O)[O-]. The van der Waals surface area contributed by atoms with Crippen LogP contribution in [0.5, 0.6) is 0 Å². The van der Waals surface area contributed by atoms with Crippen LogP contribution in [0.25, 0.3) is 0 Å². The molecule has 1 aromatic heterocycles. The van der Waals surface area contributed by atoms with Crippen LogP contribution in [0, 0.1) is 21.4 Å². The number of pyridine rings is 1. The highest BCUT2D eigenvalue weighted by Crippen LogP contribution is 2.15. The van der Waals surface area contributed by atoms with E-state index in [0.29, 0.717) is 0 Å².